The first-order chi connectivity index (χ1) is 11.1. The molecule has 2 aliphatic rings. The van der Waals surface area contributed by atoms with Gasteiger partial charge in [-0.1, -0.05) is 36.8 Å². The quantitative estimate of drug-likeness (QED) is 0.815. The standard InChI is InChI=1S/C19H29N3O.2ClH/c1-14-10-17(13-22(14)12-15-6-3-2-4-7-15)21-19(23)11-16-8-5-9-18(16)20;;/h2-4,6-7,14,16-18H,5,8-13,20H2,1H3,(H,21,23);2*1H/t14?,16-,17?,18+;;/m0../s1. The number of amides is 1. The van der Waals surface area contributed by atoms with Crippen molar-refractivity contribution < 1.29 is 4.79 Å². The van der Waals surface area contributed by atoms with E-state index < -0.39 is 0 Å². The second kappa shape index (κ2) is 10.4. The summed E-state index contributed by atoms with van der Waals surface area (Å²) >= 11 is 0. The summed E-state index contributed by atoms with van der Waals surface area (Å²) in [5.74, 6) is 0.570. The highest BCUT2D eigenvalue weighted by molar-refractivity contribution is 5.85. The average molecular weight is 388 g/mol. The van der Waals surface area contributed by atoms with Crippen LogP contribution in [0.4, 0.5) is 0 Å². The van der Waals surface area contributed by atoms with Crippen molar-refractivity contribution >= 4 is 30.7 Å². The second-order valence-electron chi connectivity index (χ2n) is 7.32. The molecule has 2 fully saturated rings. The fourth-order valence-electron chi connectivity index (χ4n) is 4.08. The molecule has 3 rings (SSSR count). The van der Waals surface area contributed by atoms with Crippen molar-refractivity contribution in [2.75, 3.05) is 6.54 Å². The number of carbonyl (C=O) groups is 1. The molecule has 0 spiro atoms. The summed E-state index contributed by atoms with van der Waals surface area (Å²) in [4.78, 5) is 14.7. The van der Waals surface area contributed by atoms with Crippen molar-refractivity contribution in [2.24, 2.45) is 11.7 Å². The van der Waals surface area contributed by atoms with E-state index in [4.69, 9.17) is 5.73 Å². The highest BCUT2D eigenvalue weighted by Gasteiger charge is 2.31. The van der Waals surface area contributed by atoms with Crippen LogP contribution in [0, 0.1) is 5.92 Å². The van der Waals surface area contributed by atoms with Crippen LogP contribution in [0.5, 0.6) is 0 Å². The molecule has 1 heterocycles. The van der Waals surface area contributed by atoms with E-state index in [2.05, 4.69) is 41.4 Å². The van der Waals surface area contributed by atoms with Gasteiger partial charge in [-0.15, -0.1) is 24.8 Å². The van der Waals surface area contributed by atoms with Crippen molar-refractivity contribution in [3.8, 4) is 0 Å². The number of likely N-dealkylation sites (tertiary alicyclic amines) is 1. The van der Waals surface area contributed by atoms with Gasteiger partial charge in [0.2, 0.25) is 5.91 Å². The molecule has 4 atom stereocenters. The lowest BCUT2D eigenvalue weighted by atomic mass is 9.99. The van der Waals surface area contributed by atoms with Gasteiger partial charge in [0.1, 0.15) is 0 Å². The summed E-state index contributed by atoms with van der Waals surface area (Å²) in [6.45, 7) is 4.16. The van der Waals surface area contributed by atoms with E-state index in [0.29, 0.717) is 18.4 Å². The van der Waals surface area contributed by atoms with Crippen LogP contribution in [0.15, 0.2) is 30.3 Å². The maximum Gasteiger partial charge on any atom is 0.220 e. The number of nitrogens with one attached hydrogen (secondary N) is 1. The summed E-state index contributed by atoms with van der Waals surface area (Å²) in [5, 5.41) is 3.24. The summed E-state index contributed by atoms with van der Waals surface area (Å²) in [6.07, 6.45) is 4.99. The largest absolute Gasteiger partial charge is 0.352 e. The Balaban J connectivity index is 0.00000156. The van der Waals surface area contributed by atoms with Gasteiger partial charge in [-0.05, 0) is 37.7 Å². The van der Waals surface area contributed by atoms with Crippen LogP contribution in [0.1, 0.15) is 44.6 Å². The molecular formula is C19H31Cl2N3O. The third-order valence-electron chi connectivity index (χ3n) is 5.46. The molecule has 1 saturated heterocycles. The Morgan fingerprint density at radius 3 is 2.60 bits per heavy atom. The molecular weight excluding hydrogens is 357 g/mol. The molecule has 25 heavy (non-hydrogen) atoms. The predicted octanol–water partition coefficient (Wildman–Crippen LogP) is 3.13. The van der Waals surface area contributed by atoms with Crippen LogP contribution < -0.4 is 11.1 Å². The number of nitrogens with two attached hydrogens (primary N) is 1. The molecule has 1 aromatic rings. The van der Waals surface area contributed by atoms with Crippen LogP contribution in [-0.4, -0.2) is 35.5 Å². The molecule has 1 aliphatic heterocycles. The van der Waals surface area contributed by atoms with Crippen molar-refractivity contribution in [1.29, 1.82) is 0 Å². The van der Waals surface area contributed by atoms with Gasteiger partial charge in [0.05, 0.1) is 0 Å². The molecule has 1 amide bonds. The molecule has 4 nitrogen and oxygen atoms in total. The SMILES string of the molecule is CC1CC(NC(=O)C[C@@H]2CCC[C@H]2N)CN1Cc1ccccc1.Cl.Cl. The Morgan fingerprint density at radius 1 is 1.24 bits per heavy atom. The first-order valence-electron chi connectivity index (χ1n) is 8.94. The second-order valence-corrected chi connectivity index (χ2v) is 7.32. The number of carbonyl (C=O) groups excluding carboxylic acids is 1. The van der Waals surface area contributed by atoms with Gasteiger partial charge >= 0.3 is 0 Å². The monoisotopic (exact) mass is 387 g/mol. The number of halogens is 2. The first kappa shape index (κ1) is 22.2. The Hall–Kier alpha value is -0.810. The number of hydrogen-bond donors (Lipinski definition) is 2. The minimum Gasteiger partial charge on any atom is -0.352 e. The average Bonchev–Trinajstić information content (AvgIpc) is 3.07. The minimum atomic E-state index is 0. The van der Waals surface area contributed by atoms with Crippen LogP contribution in [0.25, 0.3) is 0 Å². The fourth-order valence-corrected chi connectivity index (χ4v) is 4.08. The van der Waals surface area contributed by atoms with Crippen LogP contribution in [0.2, 0.25) is 0 Å². The van der Waals surface area contributed by atoms with Crippen molar-refractivity contribution in [1.82, 2.24) is 10.2 Å². The van der Waals surface area contributed by atoms with Gasteiger partial charge in [-0.3, -0.25) is 9.69 Å². The zero-order chi connectivity index (χ0) is 16.2. The van der Waals surface area contributed by atoms with E-state index in [1.807, 2.05) is 6.07 Å². The third kappa shape index (κ3) is 6.14. The van der Waals surface area contributed by atoms with Crippen molar-refractivity contribution in [2.45, 2.75) is 63.7 Å². The van der Waals surface area contributed by atoms with E-state index >= 15 is 0 Å². The highest BCUT2D eigenvalue weighted by Crippen LogP contribution is 2.27. The Bertz CT molecular complexity index is 529. The number of hydrogen-bond acceptors (Lipinski definition) is 3. The van der Waals surface area contributed by atoms with E-state index in [9.17, 15) is 4.79 Å². The Morgan fingerprint density at radius 2 is 1.96 bits per heavy atom. The molecule has 1 saturated carbocycles. The number of nitrogens with zero attached hydrogens (tertiary/aromatic N) is 1. The molecule has 0 aromatic heterocycles. The van der Waals surface area contributed by atoms with Crippen molar-refractivity contribution in [3.63, 3.8) is 0 Å². The Labute approximate surface area is 163 Å². The number of benzene rings is 1. The summed E-state index contributed by atoms with van der Waals surface area (Å²) in [7, 11) is 0. The predicted molar refractivity (Wildman–Crippen MR) is 107 cm³/mol. The molecule has 0 radical (unpaired) electrons. The lowest BCUT2D eigenvalue weighted by Crippen LogP contribution is -2.39. The van der Waals surface area contributed by atoms with Gasteiger partial charge in [0, 0.05) is 37.6 Å². The summed E-state index contributed by atoms with van der Waals surface area (Å²) < 4.78 is 0. The van der Waals surface area contributed by atoms with Crippen molar-refractivity contribution in [3.05, 3.63) is 35.9 Å². The van der Waals surface area contributed by atoms with E-state index in [1.165, 1.54) is 12.0 Å². The lowest BCUT2D eigenvalue weighted by Gasteiger charge is -2.21. The molecule has 142 valence electrons. The van der Waals surface area contributed by atoms with Gasteiger partial charge in [-0.2, -0.15) is 0 Å². The normalized spacial score (nSPS) is 28.9. The van der Waals surface area contributed by atoms with E-state index in [1.54, 1.807) is 0 Å². The third-order valence-corrected chi connectivity index (χ3v) is 5.46. The van der Waals surface area contributed by atoms with Gasteiger partial charge in [0.25, 0.3) is 0 Å². The maximum absolute atomic E-state index is 12.3. The Kier molecular flexibility index (Phi) is 9.22. The number of rotatable bonds is 5. The fraction of sp³-hybridized carbons (Fsp3) is 0.632. The van der Waals surface area contributed by atoms with Crippen LogP contribution >= 0.6 is 24.8 Å². The molecule has 3 N–H and O–H groups in total. The molecule has 1 aliphatic carbocycles. The van der Waals surface area contributed by atoms with Crippen LogP contribution in [-0.2, 0) is 11.3 Å². The minimum absolute atomic E-state index is 0. The highest BCUT2D eigenvalue weighted by atomic mass is 35.5. The topological polar surface area (TPSA) is 58.4 Å². The van der Waals surface area contributed by atoms with E-state index in [-0.39, 0.29) is 42.8 Å². The van der Waals surface area contributed by atoms with Gasteiger partial charge in [-0.25, -0.2) is 0 Å². The van der Waals surface area contributed by atoms with E-state index in [0.717, 1.165) is 32.4 Å². The lowest BCUT2D eigenvalue weighted by molar-refractivity contribution is -0.122. The molecule has 0 bridgehead atoms. The van der Waals surface area contributed by atoms with Gasteiger partial charge in [0.15, 0.2) is 0 Å². The molecule has 6 heteroatoms. The summed E-state index contributed by atoms with van der Waals surface area (Å²) in [6, 6.07) is 11.6. The summed E-state index contributed by atoms with van der Waals surface area (Å²) in [5.41, 5.74) is 7.41. The molecule has 1 aromatic carbocycles. The zero-order valence-corrected chi connectivity index (χ0v) is 16.5. The zero-order valence-electron chi connectivity index (χ0n) is 14.9. The maximum atomic E-state index is 12.3. The molecule has 2 unspecified atom stereocenters. The van der Waals surface area contributed by atoms with Gasteiger partial charge < -0.3 is 11.1 Å². The smallest absolute Gasteiger partial charge is 0.220 e. The first-order valence-corrected chi connectivity index (χ1v) is 8.94. The van der Waals surface area contributed by atoms with Crippen LogP contribution in [0.3, 0.4) is 0 Å².